The summed E-state index contributed by atoms with van der Waals surface area (Å²) in [4.78, 5) is 10.7. The third-order valence-electron chi connectivity index (χ3n) is 2.43. The second kappa shape index (κ2) is 4.13. The molecule has 0 spiro atoms. The molecule has 1 rings (SSSR count). The van der Waals surface area contributed by atoms with E-state index in [0.717, 1.165) is 12.0 Å². The molecular weight excluding hydrogens is 180 g/mol. The van der Waals surface area contributed by atoms with Crippen LogP contribution in [-0.2, 0) is 0 Å². The van der Waals surface area contributed by atoms with Crippen molar-refractivity contribution in [3.8, 4) is 5.75 Å². The van der Waals surface area contributed by atoms with Gasteiger partial charge in [-0.1, -0.05) is 19.9 Å². The van der Waals surface area contributed by atoms with Gasteiger partial charge in [-0.3, -0.25) is 0 Å². The number of hydrogen-bond donors (Lipinski definition) is 2. The molecule has 2 N–H and O–H groups in total. The highest BCUT2D eigenvalue weighted by Gasteiger charge is 2.12. The Balaban J connectivity index is 3.12. The Bertz CT molecular complexity index is 344. The van der Waals surface area contributed by atoms with Crippen molar-refractivity contribution >= 4 is 5.97 Å². The van der Waals surface area contributed by atoms with Crippen molar-refractivity contribution in [3.05, 3.63) is 29.3 Å². The summed E-state index contributed by atoms with van der Waals surface area (Å²) in [6, 6.07) is 4.73. The predicted molar refractivity (Wildman–Crippen MR) is 53.8 cm³/mol. The van der Waals surface area contributed by atoms with Gasteiger partial charge in [0.1, 0.15) is 11.3 Å². The van der Waals surface area contributed by atoms with Crippen LogP contribution >= 0.6 is 0 Å². The molecule has 0 aliphatic carbocycles. The highest BCUT2D eigenvalue weighted by atomic mass is 16.4. The number of benzene rings is 1. The number of phenols is 1. The van der Waals surface area contributed by atoms with Crippen LogP contribution in [-0.4, -0.2) is 16.2 Å². The molecule has 3 heteroatoms. The van der Waals surface area contributed by atoms with E-state index in [-0.39, 0.29) is 11.3 Å². The van der Waals surface area contributed by atoms with E-state index >= 15 is 0 Å². The minimum Gasteiger partial charge on any atom is -0.507 e. The molecular formula is C11H14O3. The molecule has 0 fully saturated rings. The molecule has 0 aromatic heterocycles. The fraction of sp³-hybridized carbons (Fsp3) is 0.364. The van der Waals surface area contributed by atoms with Crippen LogP contribution in [0.2, 0.25) is 0 Å². The molecule has 0 bridgehead atoms. The Labute approximate surface area is 83.0 Å². The van der Waals surface area contributed by atoms with Crippen LogP contribution in [0.5, 0.6) is 5.75 Å². The predicted octanol–water partition coefficient (Wildman–Crippen LogP) is 2.60. The summed E-state index contributed by atoms with van der Waals surface area (Å²) in [7, 11) is 0. The number of carboxylic acid groups (broad SMARTS) is 1. The first-order valence-electron chi connectivity index (χ1n) is 4.62. The first-order chi connectivity index (χ1) is 6.56. The highest BCUT2D eigenvalue weighted by molar-refractivity contribution is 5.90. The van der Waals surface area contributed by atoms with Gasteiger partial charge >= 0.3 is 5.97 Å². The van der Waals surface area contributed by atoms with Crippen molar-refractivity contribution in [1.82, 2.24) is 0 Å². The van der Waals surface area contributed by atoms with Gasteiger partial charge in [0.2, 0.25) is 0 Å². The molecule has 14 heavy (non-hydrogen) atoms. The lowest BCUT2D eigenvalue weighted by Crippen LogP contribution is -2.00. The second-order valence-corrected chi connectivity index (χ2v) is 3.39. The Morgan fingerprint density at radius 2 is 2.14 bits per heavy atom. The van der Waals surface area contributed by atoms with Crippen LogP contribution in [0.4, 0.5) is 0 Å². The minimum absolute atomic E-state index is 0.0252. The molecule has 0 saturated heterocycles. The standard InChI is InChI=1S/C11H14O3/c1-3-7(2)8-4-5-10(12)9(6-8)11(13)14/h4-7,12H,3H2,1-2H3,(H,13,14)/t7-/m0/s1. The van der Waals surface area contributed by atoms with E-state index in [1.807, 2.05) is 13.8 Å². The maximum absolute atomic E-state index is 10.7. The molecule has 76 valence electrons. The number of carbonyl (C=O) groups is 1. The lowest BCUT2D eigenvalue weighted by atomic mass is 9.96. The summed E-state index contributed by atoms with van der Waals surface area (Å²) in [5.74, 6) is -0.953. The van der Waals surface area contributed by atoms with Gasteiger partial charge < -0.3 is 10.2 Å². The van der Waals surface area contributed by atoms with Crippen LogP contribution < -0.4 is 0 Å². The SMILES string of the molecule is CC[C@H](C)c1ccc(O)c(C(=O)O)c1. The zero-order valence-electron chi connectivity index (χ0n) is 8.32. The Hall–Kier alpha value is -1.51. The van der Waals surface area contributed by atoms with E-state index in [0.29, 0.717) is 5.92 Å². The smallest absolute Gasteiger partial charge is 0.339 e. The van der Waals surface area contributed by atoms with Gasteiger partial charge in [-0.25, -0.2) is 4.79 Å². The largest absolute Gasteiger partial charge is 0.507 e. The normalized spacial score (nSPS) is 12.4. The lowest BCUT2D eigenvalue weighted by Gasteiger charge is -2.10. The summed E-state index contributed by atoms with van der Waals surface area (Å²) < 4.78 is 0. The van der Waals surface area contributed by atoms with Crippen LogP contribution in [0.25, 0.3) is 0 Å². The van der Waals surface area contributed by atoms with E-state index in [1.165, 1.54) is 12.1 Å². The topological polar surface area (TPSA) is 57.5 Å². The van der Waals surface area contributed by atoms with Crippen molar-refractivity contribution < 1.29 is 15.0 Å². The maximum Gasteiger partial charge on any atom is 0.339 e. The average molecular weight is 194 g/mol. The van der Waals surface area contributed by atoms with Gasteiger partial charge in [0.15, 0.2) is 0 Å². The van der Waals surface area contributed by atoms with Gasteiger partial charge in [-0.15, -0.1) is 0 Å². The van der Waals surface area contributed by atoms with E-state index in [1.54, 1.807) is 6.07 Å². The fourth-order valence-corrected chi connectivity index (χ4v) is 1.27. The molecule has 0 amide bonds. The lowest BCUT2D eigenvalue weighted by molar-refractivity contribution is 0.0693. The Morgan fingerprint density at radius 3 is 2.64 bits per heavy atom. The second-order valence-electron chi connectivity index (χ2n) is 3.39. The van der Waals surface area contributed by atoms with Gasteiger partial charge in [0.25, 0.3) is 0 Å². The van der Waals surface area contributed by atoms with Crippen molar-refractivity contribution in [3.63, 3.8) is 0 Å². The molecule has 1 aromatic rings. The Kier molecular flexibility index (Phi) is 3.12. The molecule has 0 aliphatic rings. The summed E-state index contributed by atoms with van der Waals surface area (Å²) in [6.07, 6.45) is 0.948. The van der Waals surface area contributed by atoms with E-state index in [9.17, 15) is 9.90 Å². The maximum atomic E-state index is 10.7. The summed E-state index contributed by atoms with van der Waals surface area (Å²) in [5, 5.41) is 18.1. The number of carboxylic acids is 1. The first-order valence-corrected chi connectivity index (χ1v) is 4.62. The number of aromatic hydroxyl groups is 1. The zero-order chi connectivity index (χ0) is 10.7. The number of aromatic carboxylic acids is 1. The number of hydrogen-bond acceptors (Lipinski definition) is 2. The summed E-state index contributed by atoms with van der Waals surface area (Å²) >= 11 is 0. The van der Waals surface area contributed by atoms with Gasteiger partial charge in [-0.05, 0) is 30.0 Å². The van der Waals surface area contributed by atoms with Crippen LogP contribution in [0.15, 0.2) is 18.2 Å². The highest BCUT2D eigenvalue weighted by Crippen LogP contribution is 2.24. The van der Waals surface area contributed by atoms with Crippen LogP contribution in [0.1, 0.15) is 42.1 Å². The van der Waals surface area contributed by atoms with Crippen molar-refractivity contribution in [2.45, 2.75) is 26.2 Å². The average Bonchev–Trinajstić information content (AvgIpc) is 2.17. The van der Waals surface area contributed by atoms with Crippen molar-refractivity contribution in [1.29, 1.82) is 0 Å². The zero-order valence-corrected chi connectivity index (χ0v) is 8.32. The Morgan fingerprint density at radius 1 is 1.50 bits per heavy atom. The first kappa shape index (κ1) is 10.6. The third kappa shape index (κ3) is 2.05. The fourth-order valence-electron chi connectivity index (χ4n) is 1.27. The molecule has 1 aromatic carbocycles. The molecule has 0 saturated carbocycles. The minimum atomic E-state index is -1.09. The molecule has 0 heterocycles. The molecule has 0 radical (unpaired) electrons. The number of rotatable bonds is 3. The van der Waals surface area contributed by atoms with Gasteiger partial charge in [0, 0.05) is 0 Å². The monoisotopic (exact) mass is 194 g/mol. The van der Waals surface area contributed by atoms with Gasteiger partial charge in [-0.2, -0.15) is 0 Å². The van der Waals surface area contributed by atoms with Gasteiger partial charge in [0.05, 0.1) is 0 Å². The van der Waals surface area contributed by atoms with E-state index in [4.69, 9.17) is 5.11 Å². The summed E-state index contributed by atoms with van der Waals surface area (Å²) in [6.45, 7) is 4.07. The molecule has 3 nitrogen and oxygen atoms in total. The molecule has 0 unspecified atom stereocenters. The third-order valence-corrected chi connectivity index (χ3v) is 2.43. The van der Waals surface area contributed by atoms with Crippen LogP contribution in [0.3, 0.4) is 0 Å². The van der Waals surface area contributed by atoms with Crippen LogP contribution in [0, 0.1) is 0 Å². The molecule has 1 atom stereocenters. The van der Waals surface area contributed by atoms with Crippen molar-refractivity contribution in [2.75, 3.05) is 0 Å². The van der Waals surface area contributed by atoms with E-state index in [2.05, 4.69) is 0 Å². The van der Waals surface area contributed by atoms with E-state index < -0.39 is 5.97 Å². The summed E-state index contributed by atoms with van der Waals surface area (Å²) in [5.41, 5.74) is 0.922. The molecule has 0 aliphatic heterocycles. The quantitative estimate of drug-likeness (QED) is 0.777. The van der Waals surface area contributed by atoms with Crippen molar-refractivity contribution in [2.24, 2.45) is 0 Å².